The van der Waals surface area contributed by atoms with Gasteiger partial charge in [0.1, 0.15) is 17.1 Å². The highest BCUT2D eigenvalue weighted by Gasteiger charge is 2.54. The predicted octanol–water partition coefficient (Wildman–Crippen LogP) is -0.581. The van der Waals surface area contributed by atoms with Crippen LogP contribution in [-0.4, -0.2) is 56.7 Å². The zero-order valence-electron chi connectivity index (χ0n) is 13.8. The average Bonchev–Trinajstić information content (AvgIpc) is 2.65. The number of thioether (sulfide) groups is 1. The number of benzene rings is 1. The number of rotatable bonds is 6. The minimum absolute atomic E-state index is 0.0953. The van der Waals surface area contributed by atoms with Gasteiger partial charge in [-0.2, -0.15) is 0 Å². The predicted molar refractivity (Wildman–Crippen MR) is 94.8 cm³/mol. The van der Waals surface area contributed by atoms with Crippen LogP contribution in [0.5, 0.6) is 0 Å². The molecule has 0 saturated carbocycles. The lowest BCUT2D eigenvalue weighted by Gasteiger charge is -2.49. The fourth-order valence-corrected chi connectivity index (χ4v) is 4.47. The van der Waals surface area contributed by atoms with Gasteiger partial charge in [0, 0.05) is 12.3 Å². The summed E-state index contributed by atoms with van der Waals surface area (Å²) in [5.41, 5.74) is 7.44. The average molecular weight is 377 g/mol. The fraction of sp³-hybridized carbons (Fsp3) is 0.353. The third-order valence-electron chi connectivity index (χ3n) is 4.45. The molecule has 0 aromatic heterocycles. The van der Waals surface area contributed by atoms with Crippen molar-refractivity contribution in [2.45, 2.75) is 24.4 Å². The van der Waals surface area contributed by atoms with Crippen LogP contribution in [0.25, 0.3) is 0 Å². The van der Waals surface area contributed by atoms with Crippen molar-refractivity contribution in [3.05, 3.63) is 46.7 Å². The molecule has 138 valence electrons. The summed E-state index contributed by atoms with van der Waals surface area (Å²) in [5.74, 6) is -1.76. The van der Waals surface area contributed by atoms with Gasteiger partial charge in [-0.25, -0.2) is 4.79 Å². The summed E-state index contributed by atoms with van der Waals surface area (Å²) >= 11 is 1.32. The Balaban J connectivity index is 1.70. The maximum Gasteiger partial charge on any atom is 0.352 e. The van der Waals surface area contributed by atoms with E-state index in [1.165, 1.54) is 11.8 Å². The number of nitrogens with zero attached hydrogens (tertiary/aromatic N) is 1. The van der Waals surface area contributed by atoms with Crippen LogP contribution in [0.15, 0.2) is 35.5 Å². The van der Waals surface area contributed by atoms with Crippen LogP contribution in [0.4, 0.5) is 0 Å². The first-order chi connectivity index (χ1) is 12.5. The second kappa shape index (κ2) is 7.48. The quantitative estimate of drug-likeness (QED) is 0.487. The smallest absolute Gasteiger partial charge is 0.352 e. The zero-order valence-corrected chi connectivity index (χ0v) is 14.7. The Labute approximate surface area is 154 Å². The van der Waals surface area contributed by atoms with E-state index in [-0.39, 0.29) is 18.0 Å². The number of hydrogen-bond acceptors (Lipinski definition) is 6. The van der Waals surface area contributed by atoms with E-state index in [1.807, 2.05) is 24.3 Å². The number of aliphatic hydroxyl groups excluding tert-OH is 1. The summed E-state index contributed by atoms with van der Waals surface area (Å²) in [6.07, 6.45) is 0.0953. The topological polar surface area (TPSA) is 133 Å². The van der Waals surface area contributed by atoms with Crippen molar-refractivity contribution in [1.29, 1.82) is 0 Å². The van der Waals surface area contributed by atoms with Crippen molar-refractivity contribution in [3.63, 3.8) is 0 Å². The highest BCUT2D eigenvalue weighted by atomic mass is 32.2. The number of carboxylic acids is 1. The van der Waals surface area contributed by atoms with E-state index in [2.05, 4.69) is 5.32 Å². The molecule has 0 radical (unpaired) electrons. The van der Waals surface area contributed by atoms with Gasteiger partial charge in [-0.05, 0) is 16.7 Å². The molecular formula is C17H19N3O5S. The molecule has 2 aliphatic rings. The Morgan fingerprint density at radius 2 is 2.00 bits per heavy atom. The zero-order chi connectivity index (χ0) is 18.8. The number of carbonyl (C=O) groups excluding carboxylic acids is 2. The lowest BCUT2D eigenvalue weighted by Crippen LogP contribution is -2.70. The molecule has 0 spiro atoms. The van der Waals surface area contributed by atoms with Gasteiger partial charge in [0.2, 0.25) is 5.91 Å². The molecule has 2 amide bonds. The van der Waals surface area contributed by atoms with Crippen molar-refractivity contribution in [2.24, 2.45) is 5.73 Å². The molecule has 3 rings (SSSR count). The molecule has 8 nitrogen and oxygen atoms in total. The van der Waals surface area contributed by atoms with Gasteiger partial charge in [-0.15, -0.1) is 11.8 Å². The second-order valence-corrected chi connectivity index (χ2v) is 7.13. The van der Waals surface area contributed by atoms with Gasteiger partial charge in [0.25, 0.3) is 5.91 Å². The van der Waals surface area contributed by atoms with Crippen LogP contribution in [0.3, 0.4) is 0 Å². The lowest BCUT2D eigenvalue weighted by atomic mass is 10.0. The molecule has 1 aromatic rings. The molecule has 1 fully saturated rings. The lowest BCUT2D eigenvalue weighted by molar-refractivity contribution is -0.150. The van der Waals surface area contributed by atoms with Crippen LogP contribution >= 0.6 is 11.8 Å². The largest absolute Gasteiger partial charge is 0.477 e. The van der Waals surface area contributed by atoms with E-state index in [9.17, 15) is 24.6 Å². The van der Waals surface area contributed by atoms with Crippen LogP contribution in [-0.2, 0) is 27.3 Å². The van der Waals surface area contributed by atoms with Crippen LogP contribution < -0.4 is 11.1 Å². The SMILES string of the molecule is NCc1ccccc1CC(=O)NC1C(=O)N2C(C(=O)O)=C(CO)CS[C@H]12. The van der Waals surface area contributed by atoms with Gasteiger partial charge in [-0.3, -0.25) is 14.5 Å². The second-order valence-electron chi connectivity index (χ2n) is 6.02. The van der Waals surface area contributed by atoms with Gasteiger partial charge < -0.3 is 21.3 Å². The van der Waals surface area contributed by atoms with Gasteiger partial charge in [-0.1, -0.05) is 24.3 Å². The minimum Gasteiger partial charge on any atom is -0.477 e. The Morgan fingerprint density at radius 1 is 1.31 bits per heavy atom. The number of fused-ring (bicyclic) bond motifs is 1. The summed E-state index contributed by atoms with van der Waals surface area (Å²) in [4.78, 5) is 37.3. The normalized spacial score (nSPS) is 21.9. The molecule has 1 aromatic carbocycles. The number of carbonyl (C=O) groups is 3. The molecular weight excluding hydrogens is 358 g/mol. The van der Waals surface area contributed by atoms with Gasteiger partial charge >= 0.3 is 5.97 Å². The van der Waals surface area contributed by atoms with Crippen molar-refractivity contribution >= 4 is 29.5 Å². The van der Waals surface area contributed by atoms with E-state index in [4.69, 9.17) is 5.73 Å². The van der Waals surface area contributed by atoms with Gasteiger partial charge in [0.15, 0.2) is 0 Å². The first-order valence-corrected chi connectivity index (χ1v) is 9.09. The Bertz CT molecular complexity index is 794. The van der Waals surface area contributed by atoms with E-state index >= 15 is 0 Å². The Morgan fingerprint density at radius 3 is 2.62 bits per heavy atom. The molecule has 26 heavy (non-hydrogen) atoms. The molecule has 0 bridgehead atoms. The van der Waals surface area contributed by atoms with Crippen molar-refractivity contribution in [1.82, 2.24) is 10.2 Å². The van der Waals surface area contributed by atoms with Crippen molar-refractivity contribution < 1.29 is 24.6 Å². The monoisotopic (exact) mass is 377 g/mol. The summed E-state index contributed by atoms with van der Waals surface area (Å²) in [5, 5.41) is 20.8. The minimum atomic E-state index is -1.26. The number of aliphatic hydroxyl groups is 1. The van der Waals surface area contributed by atoms with E-state index in [0.29, 0.717) is 17.9 Å². The summed E-state index contributed by atoms with van der Waals surface area (Å²) in [7, 11) is 0. The molecule has 5 N–H and O–H groups in total. The molecule has 2 heterocycles. The number of nitrogens with one attached hydrogen (secondary N) is 1. The number of hydrogen-bond donors (Lipinski definition) is 4. The Hall–Kier alpha value is -2.36. The summed E-state index contributed by atoms with van der Waals surface area (Å²) in [6.45, 7) is -0.104. The van der Waals surface area contributed by atoms with Crippen molar-refractivity contribution in [3.8, 4) is 0 Å². The van der Waals surface area contributed by atoms with E-state index in [0.717, 1.165) is 16.0 Å². The van der Waals surface area contributed by atoms with Crippen LogP contribution in [0, 0.1) is 0 Å². The number of amides is 2. The molecule has 9 heteroatoms. The maximum absolute atomic E-state index is 12.4. The standard InChI is InChI=1S/C17H19N3O5S/c18-6-10-4-2-1-3-9(10)5-12(22)19-13-15(23)20-14(17(24)25)11(7-21)8-26-16(13)20/h1-4,13,16,21H,5-8,18H2,(H,19,22)(H,24,25)/t13?,16-/m1/s1. The first-order valence-electron chi connectivity index (χ1n) is 8.05. The highest BCUT2D eigenvalue weighted by Crippen LogP contribution is 2.40. The molecule has 2 atom stereocenters. The molecule has 1 saturated heterocycles. The van der Waals surface area contributed by atoms with Crippen LogP contribution in [0.1, 0.15) is 11.1 Å². The fourth-order valence-electron chi connectivity index (χ4n) is 3.13. The molecule has 2 aliphatic heterocycles. The molecule has 0 aliphatic carbocycles. The van der Waals surface area contributed by atoms with E-state index < -0.39 is 29.9 Å². The van der Waals surface area contributed by atoms with Crippen LogP contribution in [0.2, 0.25) is 0 Å². The number of aliphatic carboxylic acids is 1. The number of β-lactam (4-membered cyclic amide) rings is 1. The van der Waals surface area contributed by atoms with Crippen molar-refractivity contribution in [2.75, 3.05) is 12.4 Å². The number of nitrogens with two attached hydrogens (primary N) is 1. The van der Waals surface area contributed by atoms with E-state index in [1.54, 1.807) is 0 Å². The molecule has 1 unspecified atom stereocenters. The van der Waals surface area contributed by atoms with Gasteiger partial charge in [0.05, 0.1) is 13.0 Å². The summed E-state index contributed by atoms with van der Waals surface area (Å²) < 4.78 is 0. The third kappa shape index (κ3) is 3.20. The third-order valence-corrected chi connectivity index (χ3v) is 5.79. The maximum atomic E-state index is 12.4. The number of carboxylic acid groups (broad SMARTS) is 1. The highest BCUT2D eigenvalue weighted by molar-refractivity contribution is 8.00. The summed E-state index contributed by atoms with van der Waals surface area (Å²) in [6, 6.07) is 6.54. The Kier molecular flexibility index (Phi) is 5.30. The first kappa shape index (κ1) is 18.4.